The summed E-state index contributed by atoms with van der Waals surface area (Å²) in [6, 6.07) is 7.83. The van der Waals surface area contributed by atoms with E-state index in [4.69, 9.17) is 19.9 Å². The van der Waals surface area contributed by atoms with Crippen LogP contribution in [0.25, 0.3) is 0 Å². The highest BCUT2D eigenvalue weighted by Crippen LogP contribution is 2.25. The Bertz CT molecular complexity index is 357. The lowest BCUT2D eigenvalue weighted by Gasteiger charge is -2.24. The van der Waals surface area contributed by atoms with E-state index in [2.05, 4.69) is 6.92 Å². The number of hydrogen-bond acceptors (Lipinski definition) is 4. The molecule has 0 aliphatic carbocycles. The fourth-order valence-electron chi connectivity index (χ4n) is 1.88. The number of ether oxygens (including phenoxy) is 3. The Kier molecular flexibility index (Phi) is 7.48. The number of nitrogens with two attached hydrogens (primary N) is 1. The second-order valence-electron chi connectivity index (χ2n) is 4.34. The molecule has 0 radical (unpaired) electrons. The van der Waals surface area contributed by atoms with Crippen LogP contribution in [0.3, 0.4) is 0 Å². The van der Waals surface area contributed by atoms with Gasteiger partial charge in [-0.2, -0.15) is 0 Å². The van der Waals surface area contributed by atoms with Crippen LogP contribution in [0.2, 0.25) is 0 Å². The van der Waals surface area contributed by atoms with E-state index in [1.54, 1.807) is 7.11 Å². The Morgan fingerprint density at radius 3 is 2.63 bits per heavy atom. The van der Waals surface area contributed by atoms with Crippen LogP contribution < -0.4 is 10.5 Å². The van der Waals surface area contributed by atoms with Crippen molar-refractivity contribution < 1.29 is 14.2 Å². The number of benzene rings is 1. The molecule has 0 heterocycles. The number of rotatable bonds is 9. The highest BCUT2D eigenvalue weighted by atomic mass is 16.5. The molecule has 1 rings (SSSR count). The van der Waals surface area contributed by atoms with E-state index < -0.39 is 0 Å². The number of hydrogen-bond donors (Lipinski definition) is 1. The van der Waals surface area contributed by atoms with Crippen LogP contribution in [0.15, 0.2) is 24.3 Å². The van der Waals surface area contributed by atoms with Gasteiger partial charge in [-0.15, -0.1) is 0 Å². The molecule has 0 aromatic heterocycles. The zero-order chi connectivity index (χ0) is 14.1. The lowest BCUT2D eigenvalue weighted by atomic mass is 10.0. The van der Waals surface area contributed by atoms with Crippen molar-refractivity contribution in [3.63, 3.8) is 0 Å². The average molecular weight is 267 g/mol. The largest absolute Gasteiger partial charge is 0.497 e. The summed E-state index contributed by atoms with van der Waals surface area (Å²) >= 11 is 0. The SMILES string of the molecule is CCOCCOC(c1cccc(OC)c1)C(N)CC. The molecule has 19 heavy (non-hydrogen) atoms. The number of methoxy groups -OCH3 is 1. The molecule has 0 aliphatic heterocycles. The molecule has 0 saturated carbocycles. The van der Waals surface area contributed by atoms with Crippen molar-refractivity contribution in [1.29, 1.82) is 0 Å². The molecule has 0 saturated heterocycles. The molecule has 0 fully saturated rings. The maximum absolute atomic E-state index is 6.15. The maximum Gasteiger partial charge on any atom is 0.119 e. The van der Waals surface area contributed by atoms with Gasteiger partial charge in [0.05, 0.1) is 26.4 Å². The first-order chi connectivity index (χ1) is 9.22. The van der Waals surface area contributed by atoms with Crippen LogP contribution >= 0.6 is 0 Å². The Morgan fingerprint density at radius 1 is 1.21 bits per heavy atom. The van der Waals surface area contributed by atoms with Crippen molar-refractivity contribution in [3.05, 3.63) is 29.8 Å². The first-order valence-corrected chi connectivity index (χ1v) is 6.81. The van der Waals surface area contributed by atoms with Gasteiger partial charge >= 0.3 is 0 Å². The summed E-state index contributed by atoms with van der Waals surface area (Å²) in [6.07, 6.45) is 0.733. The topological polar surface area (TPSA) is 53.7 Å². The predicted molar refractivity (Wildman–Crippen MR) is 76.4 cm³/mol. The Morgan fingerprint density at radius 2 is 2.00 bits per heavy atom. The molecular weight excluding hydrogens is 242 g/mol. The van der Waals surface area contributed by atoms with E-state index in [-0.39, 0.29) is 12.1 Å². The summed E-state index contributed by atoms with van der Waals surface area (Å²) < 4.78 is 16.4. The Labute approximate surface area is 115 Å². The maximum atomic E-state index is 6.15. The second kappa shape index (κ2) is 8.91. The third-order valence-corrected chi connectivity index (χ3v) is 3.01. The molecule has 2 unspecified atom stereocenters. The summed E-state index contributed by atoms with van der Waals surface area (Å²) in [5.74, 6) is 0.819. The Balaban J connectivity index is 2.71. The van der Waals surface area contributed by atoms with Crippen molar-refractivity contribution in [2.75, 3.05) is 26.9 Å². The van der Waals surface area contributed by atoms with Gasteiger partial charge in [0.15, 0.2) is 0 Å². The fraction of sp³-hybridized carbons (Fsp3) is 0.600. The highest BCUT2D eigenvalue weighted by molar-refractivity contribution is 5.30. The van der Waals surface area contributed by atoms with E-state index >= 15 is 0 Å². The Hall–Kier alpha value is -1.10. The van der Waals surface area contributed by atoms with Gasteiger partial charge in [-0.1, -0.05) is 19.1 Å². The third kappa shape index (κ3) is 5.19. The summed E-state index contributed by atoms with van der Waals surface area (Å²) in [5, 5.41) is 0. The molecule has 0 aliphatic rings. The summed E-state index contributed by atoms with van der Waals surface area (Å²) in [5.41, 5.74) is 7.20. The molecule has 2 atom stereocenters. The van der Waals surface area contributed by atoms with Crippen molar-refractivity contribution in [2.45, 2.75) is 32.4 Å². The molecule has 0 spiro atoms. The normalized spacial score (nSPS) is 14.1. The van der Waals surface area contributed by atoms with E-state index in [1.165, 1.54) is 0 Å². The van der Waals surface area contributed by atoms with Gasteiger partial charge in [0.25, 0.3) is 0 Å². The van der Waals surface area contributed by atoms with Crippen LogP contribution in [0, 0.1) is 0 Å². The zero-order valence-electron chi connectivity index (χ0n) is 12.1. The minimum atomic E-state index is -0.124. The quantitative estimate of drug-likeness (QED) is 0.699. The first-order valence-electron chi connectivity index (χ1n) is 6.81. The van der Waals surface area contributed by atoms with Crippen molar-refractivity contribution in [3.8, 4) is 5.75 Å². The lowest BCUT2D eigenvalue weighted by Crippen LogP contribution is -2.30. The predicted octanol–water partition coefficient (Wildman–Crippen LogP) is 2.53. The minimum Gasteiger partial charge on any atom is -0.497 e. The van der Waals surface area contributed by atoms with Crippen LogP contribution in [-0.4, -0.2) is 33.0 Å². The average Bonchev–Trinajstić information content (AvgIpc) is 2.46. The van der Waals surface area contributed by atoms with E-state index in [0.717, 1.165) is 17.7 Å². The standard InChI is InChI=1S/C15H25NO3/c1-4-14(16)15(19-10-9-18-5-2)12-7-6-8-13(11-12)17-3/h6-8,11,14-15H,4-5,9-10,16H2,1-3H3. The van der Waals surface area contributed by atoms with Gasteiger partial charge in [-0.25, -0.2) is 0 Å². The summed E-state index contributed by atoms with van der Waals surface area (Å²) in [6.45, 7) is 5.87. The van der Waals surface area contributed by atoms with Crippen molar-refractivity contribution in [1.82, 2.24) is 0 Å². The molecule has 4 heteroatoms. The molecule has 4 nitrogen and oxygen atoms in total. The summed E-state index contributed by atoms with van der Waals surface area (Å²) in [7, 11) is 1.66. The third-order valence-electron chi connectivity index (χ3n) is 3.01. The molecule has 0 bridgehead atoms. The van der Waals surface area contributed by atoms with E-state index in [1.807, 2.05) is 31.2 Å². The summed E-state index contributed by atoms with van der Waals surface area (Å²) in [4.78, 5) is 0. The minimum absolute atomic E-state index is 0.0336. The first kappa shape index (κ1) is 16.0. The van der Waals surface area contributed by atoms with Crippen LogP contribution in [0.1, 0.15) is 31.9 Å². The smallest absolute Gasteiger partial charge is 0.119 e. The fourth-order valence-corrected chi connectivity index (χ4v) is 1.88. The van der Waals surface area contributed by atoms with Gasteiger partial charge in [-0.3, -0.25) is 0 Å². The van der Waals surface area contributed by atoms with Crippen LogP contribution in [0.5, 0.6) is 5.75 Å². The van der Waals surface area contributed by atoms with Gasteiger partial charge in [0.2, 0.25) is 0 Å². The van der Waals surface area contributed by atoms with Crippen LogP contribution in [-0.2, 0) is 9.47 Å². The van der Waals surface area contributed by atoms with E-state index in [9.17, 15) is 0 Å². The zero-order valence-corrected chi connectivity index (χ0v) is 12.1. The molecular formula is C15H25NO3. The second-order valence-corrected chi connectivity index (χ2v) is 4.34. The van der Waals surface area contributed by atoms with E-state index in [0.29, 0.717) is 19.8 Å². The van der Waals surface area contributed by atoms with Crippen molar-refractivity contribution >= 4 is 0 Å². The molecule has 1 aromatic rings. The monoisotopic (exact) mass is 267 g/mol. The van der Waals surface area contributed by atoms with Crippen molar-refractivity contribution in [2.24, 2.45) is 5.73 Å². The molecule has 0 amide bonds. The molecule has 1 aromatic carbocycles. The highest BCUT2D eigenvalue weighted by Gasteiger charge is 2.19. The van der Waals surface area contributed by atoms with Gasteiger partial charge < -0.3 is 19.9 Å². The van der Waals surface area contributed by atoms with Gasteiger partial charge in [-0.05, 0) is 31.0 Å². The van der Waals surface area contributed by atoms with Gasteiger partial charge in [0, 0.05) is 12.6 Å². The lowest BCUT2D eigenvalue weighted by molar-refractivity contribution is -0.00555. The van der Waals surface area contributed by atoms with Crippen LogP contribution in [0.4, 0.5) is 0 Å². The molecule has 108 valence electrons. The molecule has 2 N–H and O–H groups in total. The van der Waals surface area contributed by atoms with Gasteiger partial charge in [0.1, 0.15) is 5.75 Å².